The van der Waals surface area contributed by atoms with Gasteiger partial charge in [0, 0.05) is 17.1 Å². The Morgan fingerprint density at radius 2 is 1.36 bits per heavy atom. The van der Waals surface area contributed by atoms with Gasteiger partial charge < -0.3 is 10.6 Å². The van der Waals surface area contributed by atoms with E-state index in [-0.39, 0.29) is 11.8 Å². The van der Waals surface area contributed by atoms with Crippen molar-refractivity contribution < 1.29 is 13.2 Å². The Kier molecular flexibility index (Phi) is 5.00. The molecule has 0 aliphatic heterocycles. The fraction of sp³-hybridized carbons (Fsp3) is 0.133. The van der Waals surface area contributed by atoms with Gasteiger partial charge in [-0.1, -0.05) is 18.2 Å². The number of benzene rings is 2. The molecule has 7 heteroatoms. The maximum atomic E-state index is 11.8. The van der Waals surface area contributed by atoms with Crippen LogP contribution in [-0.2, 0) is 10.0 Å². The van der Waals surface area contributed by atoms with Crippen LogP contribution in [0.5, 0.6) is 0 Å². The van der Waals surface area contributed by atoms with E-state index in [1.165, 1.54) is 0 Å². The number of para-hydroxylation sites is 1. The van der Waals surface area contributed by atoms with Crippen molar-refractivity contribution in [2.45, 2.75) is 6.92 Å². The molecule has 0 fully saturated rings. The second kappa shape index (κ2) is 6.95. The van der Waals surface area contributed by atoms with Gasteiger partial charge in [0.25, 0.3) is 0 Å². The molecule has 2 aromatic rings. The Labute approximate surface area is 129 Å². The van der Waals surface area contributed by atoms with Crippen LogP contribution in [0.3, 0.4) is 0 Å². The summed E-state index contributed by atoms with van der Waals surface area (Å²) in [6.07, 6.45) is 0. The van der Waals surface area contributed by atoms with Gasteiger partial charge in [-0.3, -0.25) is 4.72 Å². The zero-order valence-electron chi connectivity index (χ0n) is 12.0. The Morgan fingerprint density at radius 1 is 0.864 bits per heavy atom. The van der Waals surface area contributed by atoms with E-state index in [9.17, 15) is 13.2 Å². The van der Waals surface area contributed by atoms with Crippen LogP contribution >= 0.6 is 0 Å². The maximum Gasteiger partial charge on any atom is 0.323 e. The van der Waals surface area contributed by atoms with E-state index >= 15 is 0 Å². The van der Waals surface area contributed by atoms with Crippen molar-refractivity contribution in [1.82, 2.24) is 0 Å². The van der Waals surface area contributed by atoms with E-state index in [2.05, 4.69) is 15.4 Å². The van der Waals surface area contributed by atoms with Crippen molar-refractivity contribution in [2.24, 2.45) is 0 Å². The molecule has 0 radical (unpaired) electrons. The summed E-state index contributed by atoms with van der Waals surface area (Å²) in [5.74, 6) is 0.00643. The molecule has 2 aromatic carbocycles. The first kappa shape index (κ1) is 15.8. The van der Waals surface area contributed by atoms with Gasteiger partial charge >= 0.3 is 6.03 Å². The monoisotopic (exact) mass is 319 g/mol. The molecule has 0 aliphatic carbocycles. The quantitative estimate of drug-likeness (QED) is 0.791. The molecule has 2 rings (SSSR count). The number of carbonyl (C=O) groups excluding carboxylic acids is 1. The number of sulfonamides is 1. The second-order valence-electron chi connectivity index (χ2n) is 4.53. The van der Waals surface area contributed by atoms with Gasteiger partial charge in [-0.05, 0) is 43.3 Å². The summed E-state index contributed by atoms with van der Waals surface area (Å²) in [5, 5.41) is 5.36. The summed E-state index contributed by atoms with van der Waals surface area (Å²) >= 11 is 0. The highest BCUT2D eigenvalue weighted by atomic mass is 32.2. The number of carbonyl (C=O) groups is 1. The molecule has 3 N–H and O–H groups in total. The average molecular weight is 319 g/mol. The summed E-state index contributed by atoms with van der Waals surface area (Å²) < 4.78 is 25.3. The van der Waals surface area contributed by atoms with E-state index < -0.39 is 10.0 Å². The summed E-state index contributed by atoms with van der Waals surface area (Å²) in [7, 11) is -3.30. The highest BCUT2D eigenvalue weighted by molar-refractivity contribution is 7.92. The summed E-state index contributed by atoms with van der Waals surface area (Å²) in [6, 6.07) is 15.1. The molecule has 0 unspecified atom stereocenters. The highest BCUT2D eigenvalue weighted by Crippen LogP contribution is 2.15. The van der Waals surface area contributed by atoms with Crippen molar-refractivity contribution in [3.05, 3.63) is 54.6 Å². The van der Waals surface area contributed by atoms with Crippen LogP contribution in [0.25, 0.3) is 0 Å². The topological polar surface area (TPSA) is 87.3 Å². The van der Waals surface area contributed by atoms with Gasteiger partial charge in [0.15, 0.2) is 0 Å². The van der Waals surface area contributed by atoms with Crippen LogP contribution in [0.1, 0.15) is 6.92 Å². The smallest absolute Gasteiger partial charge is 0.308 e. The molecular formula is C15H17N3O3S. The standard InChI is InChI=1S/C15H17N3O3S/c1-2-22(20,21)18-14-10-8-13(9-11-14)17-15(19)16-12-6-4-3-5-7-12/h3-11,18H,2H2,1H3,(H2,16,17,19). The lowest BCUT2D eigenvalue weighted by Gasteiger charge is -2.09. The number of rotatable bonds is 5. The molecule has 116 valence electrons. The van der Waals surface area contributed by atoms with Gasteiger partial charge in [0.1, 0.15) is 0 Å². The van der Waals surface area contributed by atoms with Crippen LogP contribution in [0.4, 0.5) is 21.9 Å². The molecule has 0 heterocycles. The molecule has 6 nitrogen and oxygen atoms in total. The number of urea groups is 1. The van der Waals surface area contributed by atoms with E-state index in [0.717, 1.165) is 0 Å². The number of hydrogen-bond acceptors (Lipinski definition) is 3. The molecule has 0 saturated carbocycles. The minimum atomic E-state index is -3.30. The normalized spacial score (nSPS) is 10.8. The molecule has 2 amide bonds. The van der Waals surface area contributed by atoms with Crippen LogP contribution in [0, 0.1) is 0 Å². The van der Waals surface area contributed by atoms with Gasteiger partial charge in [-0.25, -0.2) is 13.2 Å². The van der Waals surface area contributed by atoms with Gasteiger partial charge in [-0.15, -0.1) is 0 Å². The lowest BCUT2D eigenvalue weighted by atomic mass is 10.3. The SMILES string of the molecule is CCS(=O)(=O)Nc1ccc(NC(=O)Nc2ccccc2)cc1. The molecule has 22 heavy (non-hydrogen) atoms. The van der Waals surface area contributed by atoms with Crippen molar-refractivity contribution in [3.8, 4) is 0 Å². The minimum absolute atomic E-state index is 0.00643. The van der Waals surface area contributed by atoms with Crippen molar-refractivity contribution >= 4 is 33.1 Å². The Hall–Kier alpha value is -2.54. The summed E-state index contributed by atoms with van der Waals surface area (Å²) in [5.41, 5.74) is 1.70. The van der Waals surface area contributed by atoms with Crippen LogP contribution in [0.2, 0.25) is 0 Å². The third-order valence-electron chi connectivity index (χ3n) is 2.83. The average Bonchev–Trinajstić information content (AvgIpc) is 2.50. The summed E-state index contributed by atoms with van der Waals surface area (Å²) in [4.78, 5) is 11.8. The Balaban J connectivity index is 1.95. The van der Waals surface area contributed by atoms with E-state index in [1.54, 1.807) is 43.3 Å². The predicted octanol–water partition coefficient (Wildman–Crippen LogP) is 3.09. The molecule has 0 aliphatic rings. The van der Waals surface area contributed by atoms with Crippen LogP contribution < -0.4 is 15.4 Å². The zero-order chi connectivity index (χ0) is 16.0. The van der Waals surface area contributed by atoms with Gasteiger partial charge in [-0.2, -0.15) is 0 Å². The number of amides is 2. The third kappa shape index (κ3) is 4.78. The number of nitrogens with one attached hydrogen (secondary N) is 3. The Bertz CT molecular complexity index is 728. The summed E-state index contributed by atoms with van der Waals surface area (Å²) in [6.45, 7) is 1.56. The van der Waals surface area contributed by atoms with E-state index in [1.807, 2.05) is 18.2 Å². The first-order valence-corrected chi connectivity index (χ1v) is 8.37. The number of anilines is 3. The molecule has 0 atom stereocenters. The second-order valence-corrected chi connectivity index (χ2v) is 6.54. The molecule has 0 saturated heterocycles. The van der Waals surface area contributed by atoms with Crippen LogP contribution in [-0.4, -0.2) is 20.2 Å². The van der Waals surface area contributed by atoms with Crippen molar-refractivity contribution in [3.63, 3.8) is 0 Å². The predicted molar refractivity (Wildman–Crippen MR) is 88.6 cm³/mol. The van der Waals surface area contributed by atoms with E-state index in [0.29, 0.717) is 17.1 Å². The third-order valence-corrected chi connectivity index (χ3v) is 4.13. The fourth-order valence-electron chi connectivity index (χ4n) is 1.69. The lowest BCUT2D eigenvalue weighted by molar-refractivity contribution is 0.262. The van der Waals surface area contributed by atoms with Crippen LogP contribution in [0.15, 0.2) is 54.6 Å². The zero-order valence-corrected chi connectivity index (χ0v) is 12.9. The largest absolute Gasteiger partial charge is 0.323 e. The minimum Gasteiger partial charge on any atom is -0.308 e. The van der Waals surface area contributed by atoms with E-state index in [4.69, 9.17) is 0 Å². The number of hydrogen-bond donors (Lipinski definition) is 3. The maximum absolute atomic E-state index is 11.8. The van der Waals surface area contributed by atoms with Crippen molar-refractivity contribution in [1.29, 1.82) is 0 Å². The first-order valence-electron chi connectivity index (χ1n) is 6.72. The highest BCUT2D eigenvalue weighted by Gasteiger charge is 2.07. The lowest BCUT2D eigenvalue weighted by Crippen LogP contribution is -2.19. The first-order chi connectivity index (χ1) is 10.5. The molecule has 0 bridgehead atoms. The van der Waals surface area contributed by atoms with Crippen molar-refractivity contribution in [2.75, 3.05) is 21.1 Å². The van der Waals surface area contributed by atoms with Gasteiger partial charge in [0.2, 0.25) is 10.0 Å². The molecular weight excluding hydrogens is 302 g/mol. The fourth-order valence-corrected chi connectivity index (χ4v) is 2.33. The molecule has 0 spiro atoms. The van der Waals surface area contributed by atoms with Gasteiger partial charge in [0.05, 0.1) is 5.75 Å². The molecule has 0 aromatic heterocycles. The Morgan fingerprint density at radius 3 is 1.91 bits per heavy atom.